The van der Waals surface area contributed by atoms with Crippen molar-refractivity contribution in [2.45, 2.75) is 26.4 Å². The van der Waals surface area contributed by atoms with Crippen LogP contribution in [0.1, 0.15) is 19.4 Å². The smallest absolute Gasteiger partial charge is 0.237 e. The van der Waals surface area contributed by atoms with Crippen molar-refractivity contribution >= 4 is 17.4 Å². The zero-order valence-corrected chi connectivity index (χ0v) is 12.4. The van der Waals surface area contributed by atoms with E-state index in [0.29, 0.717) is 6.54 Å². The summed E-state index contributed by atoms with van der Waals surface area (Å²) in [5.74, 6) is 0.0160. The topological polar surface area (TPSA) is 80.9 Å². The van der Waals surface area contributed by atoms with Gasteiger partial charge in [0.15, 0.2) is 0 Å². The van der Waals surface area contributed by atoms with E-state index in [2.05, 4.69) is 14.9 Å². The van der Waals surface area contributed by atoms with Crippen LogP contribution in [0.2, 0.25) is 0 Å². The van der Waals surface area contributed by atoms with Crippen molar-refractivity contribution in [2.75, 3.05) is 0 Å². The van der Waals surface area contributed by atoms with E-state index in [1.54, 1.807) is 0 Å². The van der Waals surface area contributed by atoms with Gasteiger partial charge in [-0.15, -0.1) is 5.10 Å². The highest BCUT2D eigenvalue weighted by molar-refractivity contribution is 7.03. The molecule has 20 heavy (non-hydrogen) atoms. The lowest BCUT2D eigenvalue weighted by Gasteiger charge is -2.15. The lowest BCUT2D eigenvalue weighted by molar-refractivity contribution is -0.123. The first kappa shape index (κ1) is 14.6. The number of rotatable bonds is 5. The first-order chi connectivity index (χ1) is 9.58. The van der Waals surface area contributed by atoms with E-state index in [4.69, 9.17) is 5.73 Å². The van der Waals surface area contributed by atoms with Gasteiger partial charge in [0.25, 0.3) is 0 Å². The van der Waals surface area contributed by atoms with E-state index in [0.717, 1.165) is 16.8 Å². The summed E-state index contributed by atoms with van der Waals surface area (Å²) in [6, 6.07) is 7.42. The molecule has 0 unspecified atom stereocenters. The predicted octanol–water partition coefficient (Wildman–Crippen LogP) is 1.80. The molecule has 0 fully saturated rings. The van der Waals surface area contributed by atoms with Crippen molar-refractivity contribution in [1.29, 1.82) is 0 Å². The number of nitrogens with one attached hydrogen (secondary N) is 1. The second kappa shape index (κ2) is 6.58. The van der Waals surface area contributed by atoms with E-state index in [1.165, 1.54) is 11.5 Å². The van der Waals surface area contributed by atoms with Crippen molar-refractivity contribution in [3.05, 3.63) is 35.2 Å². The summed E-state index contributed by atoms with van der Waals surface area (Å²) in [6.07, 6.45) is 0. The third-order valence-electron chi connectivity index (χ3n) is 3.10. The zero-order valence-electron chi connectivity index (χ0n) is 11.5. The Balaban J connectivity index is 1.93. The van der Waals surface area contributed by atoms with Crippen LogP contribution in [-0.4, -0.2) is 21.5 Å². The fourth-order valence-electron chi connectivity index (χ4n) is 1.69. The standard InChI is InChI=1S/C14H18N4OS/c1-9(2)13(15)14(19)16-7-10-3-5-11(6-4-10)12-8-20-18-17-12/h3-6,8-9,13H,7,15H2,1-2H3,(H,16,19)/t13-/m1/s1. The maximum atomic E-state index is 11.8. The second-order valence-corrected chi connectivity index (χ2v) is 5.58. The minimum absolute atomic E-state index is 0.118. The summed E-state index contributed by atoms with van der Waals surface area (Å²) in [5.41, 5.74) is 8.70. The molecule has 1 aromatic carbocycles. The maximum Gasteiger partial charge on any atom is 0.237 e. The molecule has 0 spiro atoms. The van der Waals surface area contributed by atoms with E-state index in [-0.39, 0.29) is 11.8 Å². The van der Waals surface area contributed by atoms with Gasteiger partial charge in [-0.3, -0.25) is 4.79 Å². The van der Waals surface area contributed by atoms with Gasteiger partial charge in [0.05, 0.1) is 6.04 Å². The van der Waals surface area contributed by atoms with Crippen LogP contribution in [-0.2, 0) is 11.3 Å². The molecule has 0 saturated carbocycles. The lowest BCUT2D eigenvalue weighted by atomic mass is 10.0. The molecule has 0 saturated heterocycles. The third kappa shape index (κ3) is 3.61. The molecule has 1 aromatic heterocycles. The van der Waals surface area contributed by atoms with Crippen LogP contribution in [0, 0.1) is 5.92 Å². The van der Waals surface area contributed by atoms with Crippen LogP contribution in [0.5, 0.6) is 0 Å². The molecule has 106 valence electrons. The van der Waals surface area contributed by atoms with Crippen LogP contribution >= 0.6 is 11.5 Å². The van der Waals surface area contributed by atoms with Gasteiger partial charge >= 0.3 is 0 Å². The number of nitrogens with zero attached hydrogens (tertiary/aromatic N) is 2. The molecule has 1 heterocycles. The minimum Gasteiger partial charge on any atom is -0.351 e. The number of amides is 1. The van der Waals surface area contributed by atoms with Crippen molar-refractivity contribution in [1.82, 2.24) is 14.9 Å². The third-order valence-corrected chi connectivity index (χ3v) is 3.60. The summed E-state index contributed by atoms with van der Waals surface area (Å²) in [4.78, 5) is 11.8. The van der Waals surface area contributed by atoms with Crippen LogP contribution < -0.4 is 11.1 Å². The Morgan fingerprint density at radius 1 is 1.35 bits per heavy atom. The monoisotopic (exact) mass is 290 g/mol. The van der Waals surface area contributed by atoms with Gasteiger partial charge in [-0.05, 0) is 23.0 Å². The minimum atomic E-state index is -0.463. The van der Waals surface area contributed by atoms with Crippen molar-refractivity contribution in [3.8, 4) is 11.3 Å². The molecule has 0 aliphatic heterocycles. The van der Waals surface area contributed by atoms with Crippen molar-refractivity contribution in [2.24, 2.45) is 11.7 Å². The summed E-state index contributed by atoms with van der Waals surface area (Å²) in [6.45, 7) is 4.34. The van der Waals surface area contributed by atoms with Crippen LogP contribution in [0.25, 0.3) is 11.3 Å². The molecule has 0 aliphatic carbocycles. The van der Waals surface area contributed by atoms with Crippen LogP contribution in [0.3, 0.4) is 0 Å². The average Bonchev–Trinajstić information content (AvgIpc) is 2.98. The molecular formula is C14H18N4OS. The Kier molecular flexibility index (Phi) is 4.81. The fraction of sp³-hybridized carbons (Fsp3) is 0.357. The number of nitrogens with two attached hydrogens (primary N) is 1. The summed E-state index contributed by atoms with van der Waals surface area (Å²) < 4.78 is 3.84. The highest BCUT2D eigenvalue weighted by atomic mass is 32.1. The molecule has 3 N–H and O–H groups in total. The molecule has 2 aromatic rings. The number of hydrogen-bond donors (Lipinski definition) is 2. The lowest BCUT2D eigenvalue weighted by Crippen LogP contribution is -2.43. The van der Waals surface area contributed by atoms with Gasteiger partial charge < -0.3 is 11.1 Å². The number of benzene rings is 1. The number of carbonyl (C=O) groups is 1. The molecule has 1 amide bonds. The van der Waals surface area contributed by atoms with E-state index < -0.39 is 6.04 Å². The first-order valence-electron chi connectivity index (χ1n) is 6.47. The van der Waals surface area contributed by atoms with E-state index in [9.17, 15) is 4.79 Å². The molecule has 0 bridgehead atoms. The molecular weight excluding hydrogens is 272 g/mol. The van der Waals surface area contributed by atoms with Crippen molar-refractivity contribution in [3.63, 3.8) is 0 Å². The molecule has 0 radical (unpaired) electrons. The van der Waals surface area contributed by atoms with Gasteiger partial charge in [-0.25, -0.2) is 0 Å². The largest absolute Gasteiger partial charge is 0.351 e. The van der Waals surface area contributed by atoms with Gasteiger partial charge in [0.1, 0.15) is 5.69 Å². The highest BCUT2D eigenvalue weighted by Crippen LogP contribution is 2.18. The van der Waals surface area contributed by atoms with Crippen molar-refractivity contribution < 1.29 is 4.79 Å². The second-order valence-electron chi connectivity index (χ2n) is 4.97. The Bertz CT molecular complexity index is 551. The van der Waals surface area contributed by atoms with Crippen LogP contribution in [0.15, 0.2) is 29.6 Å². The Hall–Kier alpha value is -1.79. The quantitative estimate of drug-likeness (QED) is 0.880. The van der Waals surface area contributed by atoms with E-state index in [1.807, 2.05) is 43.5 Å². The van der Waals surface area contributed by atoms with Crippen LogP contribution in [0.4, 0.5) is 0 Å². The van der Waals surface area contributed by atoms with Gasteiger partial charge in [-0.1, -0.05) is 42.6 Å². The van der Waals surface area contributed by atoms with Gasteiger partial charge in [0.2, 0.25) is 5.91 Å². The normalized spacial score (nSPS) is 12.4. The predicted molar refractivity (Wildman–Crippen MR) is 80.0 cm³/mol. The molecule has 2 rings (SSSR count). The Labute approximate surface area is 122 Å². The summed E-state index contributed by atoms with van der Waals surface area (Å²) >= 11 is 1.33. The van der Waals surface area contributed by atoms with E-state index >= 15 is 0 Å². The Morgan fingerprint density at radius 3 is 2.60 bits per heavy atom. The molecule has 1 atom stereocenters. The summed E-state index contributed by atoms with van der Waals surface area (Å²) in [7, 11) is 0. The Morgan fingerprint density at radius 2 is 2.05 bits per heavy atom. The fourth-order valence-corrected chi connectivity index (χ4v) is 2.16. The average molecular weight is 290 g/mol. The number of hydrogen-bond acceptors (Lipinski definition) is 5. The molecule has 0 aliphatic rings. The summed E-state index contributed by atoms with van der Waals surface area (Å²) in [5, 5.41) is 8.76. The highest BCUT2D eigenvalue weighted by Gasteiger charge is 2.16. The first-order valence-corrected chi connectivity index (χ1v) is 7.31. The SMILES string of the molecule is CC(C)[C@@H](N)C(=O)NCc1ccc(-c2csnn2)cc1. The number of carbonyl (C=O) groups excluding carboxylic acids is 1. The molecule has 5 nitrogen and oxygen atoms in total. The van der Waals surface area contributed by atoms with Gasteiger partial charge in [-0.2, -0.15) is 0 Å². The zero-order chi connectivity index (χ0) is 14.5. The molecule has 6 heteroatoms. The maximum absolute atomic E-state index is 11.8. The van der Waals surface area contributed by atoms with Gasteiger partial charge in [0, 0.05) is 17.5 Å². The number of aromatic nitrogens is 2.